The molecule has 2 amide bonds. The van der Waals surface area contributed by atoms with E-state index in [2.05, 4.69) is 0 Å². The molecule has 2 N–H and O–H groups in total. The minimum absolute atomic E-state index is 0.0526. The molecule has 1 aliphatic carbocycles. The van der Waals surface area contributed by atoms with Crippen LogP contribution in [0.5, 0.6) is 0 Å². The summed E-state index contributed by atoms with van der Waals surface area (Å²) in [6.07, 6.45) is -2.22. The second-order valence-corrected chi connectivity index (χ2v) is 9.05. The van der Waals surface area contributed by atoms with E-state index in [1.807, 2.05) is 48.5 Å². The van der Waals surface area contributed by atoms with Crippen LogP contribution in [0.25, 0.3) is 11.1 Å². The summed E-state index contributed by atoms with van der Waals surface area (Å²) in [6.45, 7) is -1.27. The van der Waals surface area contributed by atoms with Crippen molar-refractivity contribution >= 4 is 12.2 Å². The second-order valence-electron chi connectivity index (χ2n) is 9.05. The van der Waals surface area contributed by atoms with E-state index >= 15 is 0 Å². The number of carbonyl (C=O) groups excluding carboxylic acids is 1. The zero-order valence-electron chi connectivity index (χ0n) is 19.5. The number of carbonyl (C=O) groups is 2. The fraction of sp³-hybridized carbons (Fsp3) is 0.259. The first kappa shape index (κ1) is 24.6. The number of fused-ring (bicyclic) bond motifs is 3. The van der Waals surface area contributed by atoms with Crippen molar-refractivity contribution in [2.45, 2.75) is 18.0 Å². The summed E-state index contributed by atoms with van der Waals surface area (Å²) < 4.78 is 47.4. The molecule has 7 nitrogen and oxygen atoms in total. The smallest absolute Gasteiger partial charge is 0.410 e. The Balaban J connectivity index is 1.45. The van der Waals surface area contributed by atoms with Crippen molar-refractivity contribution in [2.24, 2.45) is 0 Å². The molecule has 5 rings (SSSR count). The molecule has 3 aromatic rings. The summed E-state index contributed by atoms with van der Waals surface area (Å²) in [5.41, 5.74) is 3.85. The van der Waals surface area contributed by atoms with Gasteiger partial charge < -0.3 is 19.8 Å². The van der Waals surface area contributed by atoms with Gasteiger partial charge in [-0.15, -0.1) is 0 Å². The Morgan fingerprint density at radius 2 is 1.49 bits per heavy atom. The van der Waals surface area contributed by atoms with E-state index in [0.29, 0.717) is 12.1 Å². The maximum Gasteiger partial charge on any atom is 0.410 e. The summed E-state index contributed by atoms with van der Waals surface area (Å²) in [5, 5.41) is 19.5. The molecule has 2 aliphatic rings. The molecule has 0 spiro atoms. The summed E-state index contributed by atoms with van der Waals surface area (Å²) in [5.74, 6) is -4.89. The van der Waals surface area contributed by atoms with Gasteiger partial charge in [-0.05, 0) is 39.9 Å². The molecule has 2 atom stereocenters. The van der Waals surface area contributed by atoms with E-state index in [1.165, 1.54) is 0 Å². The lowest BCUT2D eigenvalue weighted by molar-refractivity contribution is -0.00302. The highest BCUT2D eigenvalue weighted by Gasteiger charge is 2.42. The van der Waals surface area contributed by atoms with Crippen LogP contribution in [0.4, 0.5) is 22.8 Å². The number of aliphatic hydroxyl groups excluding tert-OH is 1. The molecule has 0 radical (unpaired) electrons. The van der Waals surface area contributed by atoms with Gasteiger partial charge in [-0.1, -0.05) is 48.5 Å². The number of nitrogens with zero attached hydrogens (tertiary/aromatic N) is 2. The van der Waals surface area contributed by atoms with Gasteiger partial charge in [-0.2, -0.15) is 0 Å². The third-order valence-electron chi connectivity index (χ3n) is 6.97. The number of benzene rings is 3. The largest absolute Gasteiger partial charge is 0.465 e. The molecular weight excluding hydrogens is 489 g/mol. The van der Waals surface area contributed by atoms with Crippen molar-refractivity contribution in [1.82, 2.24) is 9.80 Å². The first-order valence-corrected chi connectivity index (χ1v) is 11.7. The highest BCUT2D eigenvalue weighted by molar-refractivity contribution is 5.79. The van der Waals surface area contributed by atoms with Crippen molar-refractivity contribution in [1.29, 1.82) is 0 Å². The van der Waals surface area contributed by atoms with E-state index in [1.54, 1.807) is 0 Å². The summed E-state index contributed by atoms with van der Waals surface area (Å²) >= 11 is 0. The van der Waals surface area contributed by atoms with Gasteiger partial charge in [0, 0.05) is 19.0 Å². The van der Waals surface area contributed by atoms with Crippen molar-refractivity contribution in [3.63, 3.8) is 0 Å². The van der Waals surface area contributed by atoms with Gasteiger partial charge in [0.25, 0.3) is 0 Å². The zero-order valence-corrected chi connectivity index (χ0v) is 19.5. The number of amides is 2. The van der Waals surface area contributed by atoms with E-state index in [0.717, 1.165) is 32.1 Å². The van der Waals surface area contributed by atoms with E-state index in [4.69, 9.17) is 4.74 Å². The first-order valence-electron chi connectivity index (χ1n) is 11.7. The summed E-state index contributed by atoms with van der Waals surface area (Å²) in [4.78, 5) is 27.1. The molecule has 2 unspecified atom stereocenters. The highest BCUT2D eigenvalue weighted by atomic mass is 19.2. The summed E-state index contributed by atoms with van der Waals surface area (Å²) in [6, 6.07) is 14.6. The molecule has 1 aliphatic heterocycles. The van der Waals surface area contributed by atoms with Crippen LogP contribution in [-0.2, 0) is 4.74 Å². The van der Waals surface area contributed by atoms with Crippen LogP contribution >= 0.6 is 0 Å². The van der Waals surface area contributed by atoms with Crippen LogP contribution in [-0.4, -0.2) is 64.5 Å². The average molecular weight is 512 g/mol. The van der Waals surface area contributed by atoms with Gasteiger partial charge in [-0.25, -0.2) is 22.8 Å². The van der Waals surface area contributed by atoms with Crippen LogP contribution in [0, 0.1) is 17.5 Å². The minimum atomic E-state index is -1.68. The van der Waals surface area contributed by atoms with Crippen LogP contribution < -0.4 is 0 Å². The van der Waals surface area contributed by atoms with Crippen molar-refractivity contribution in [3.8, 4) is 11.1 Å². The maximum atomic E-state index is 14.1. The topological polar surface area (TPSA) is 90.3 Å². The third-order valence-corrected chi connectivity index (χ3v) is 6.97. The Kier molecular flexibility index (Phi) is 6.51. The number of hydrogen-bond acceptors (Lipinski definition) is 4. The molecule has 10 heteroatoms. The molecule has 0 bridgehead atoms. The van der Waals surface area contributed by atoms with Gasteiger partial charge in [-0.3, -0.25) is 4.90 Å². The lowest BCUT2D eigenvalue weighted by atomic mass is 9.98. The van der Waals surface area contributed by atoms with Crippen LogP contribution in [0.1, 0.15) is 28.7 Å². The monoisotopic (exact) mass is 512 g/mol. The Bertz CT molecular complexity index is 1300. The lowest BCUT2D eigenvalue weighted by Gasteiger charge is -2.44. The Hall–Kier alpha value is -4.05. The molecule has 0 saturated carbocycles. The number of rotatable bonds is 4. The molecule has 0 aromatic heterocycles. The molecular formula is C27H23F3N2O5. The predicted molar refractivity (Wildman–Crippen MR) is 126 cm³/mol. The van der Waals surface area contributed by atoms with Crippen molar-refractivity contribution in [2.75, 3.05) is 26.3 Å². The van der Waals surface area contributed by atoms with Gasteiger partial charge >= 0.3 is 12.2 Å². The van der Waals surface area contributed by atoms with Gasteiger partial charge in [0.05, 0.1) is 18.7 Å². The number of ether oxygens (including phenoxy) is 1. The molecule has 1 saturated heterocycles. The van der Waals surface area contributed by atoms with Crippen LogP contribution in [0.3, 0.4) is 0 Å². The Morgan fingerprint density at radius 3 is 2.03 bits per heavy atom. The van der Waals surface area contributed by atoms with E-state index < -0.39 is 48.3 Å². The molecule has 192 valence electrons. The third kappa shape index (κ3) is 4.37. The Morgan fingerprint density at radius 1 is 0.919 bits per heavy atom. The van der Waals surface area contributed by atoms with Gasteiger partial charge in [0.15, 0.2) is 17.5 Å². The Labute approximate surface area is 210 Å². The fourth-order valence-corrected chi connectivity index (χ4v) is 5.25. The first-order chi connectivity index (χ1) is 17.8. The molecule has 1 fully saturated rings. The van der Waals surface area contributed by atoms with Crippen molar-refractivity contribution < 1.29 is 37.7 Å². The van der Waals surface area contributed by atoms with E-state index in [-0.39, 0.29) is 31.2 Å². The van der Waals surface area contributed by atoms with Crippen LogP contribution in [0.15, 0.2) is 60.7 Å². The molecule has 3 aromatic carbocycles. The number of piperazine rings is 1. The normalized spacial score (nSPS) is 18.9. The minimum Gasteiger partial charge on any atom is -0.465 e. The number of aliphatic hydroxyl groups is 1. The molecule has 1 heterocycles. The lowest BCUT2D eigenvalue weighted by Crippen LogP contribution is -2.59. The number of halogens is 3. The molecule has 37 heavy (non-hydrogen) atoms. The SMILES string of the molecule is O=C(O)N1CC(CO)N(C(=O)OCC2c3ccccc3-c3ccccc32)C(c2cc(F)c(F)c(F)c2)C1. The standard InChI is InChI=1S/C27H23F3N2O5/c28-22-9-15(10-23(29)25(22)30)24-12-31(26(34)35)11-16(13-33)32(24)27(36)37-14-21-19-7-3-1-5-17(19)18-6-2-4-8-20(18)21/h1-10,16,21,24,33H,11-14H2,(H,34,35). The number of carboxylic acid groups (broad SMARTS) is 1. The fourth-order valence-electron chi connectivity index (χ4n) is 5.25. The van der Waals surface area contributed by atoms with Gasteiger partial charge in [0.2, 0.25) is 0 Å². The summed E-state index contributed by atoms with van der Waals surface area (Å²) in [7, 11) is 0. The zero-order chi connectivity index (χ0) is 26.3. The van der Waals surface area contributed by atoms with Crippen LogP contribution in [0.2, 0.25) is 0 Å². The highest BCUT2D eigenvalue weighted by Crippen LogP contribution is 2.44. The quantitative estimate of drug-likeness (QED) is 0.493. The second kappa shape index (κ2) is 9.78. The maximum absolute atomic E-state index is 14.1. The average Bonchev–Trinajstić information content (AvgIpc) is 3.22. The predicted octanol–water partition coefficient (Wildman–Crippen LogP) is 4.75. The number of hydrogen-bond donors (Lipinski definition) is 2. The van der Waals surface area contributed by atoms with Crippen molar-refractivity contribution in [3.05, 3.63) is 94.8 Å². The van der Waals surface area contributed by atoms with E-state index in [9.17, 15) is 33.0 Å². The van der Waals surface area contributed by atoms with Gasteiger partial charge in [0.1, 0.15) is 6.61 Å².